The Hall–Kier alpha value is -0.530. The number of ether oxygens (including phenoxy) is 1. The molecule has 1 nitrogen and oxygen atoms in total. The summed E-state index contributed by atoms with van der Waals surface area (Å²) in [5.41, 5.74) is 2.59. The fourth-order valence-electron chi connectivity index (χ4n) is 1.52. The number of hydrogen-bond acceptors (Lipinski definition) is 1. The van der Waals surface area contributed by atoms with Crippen LogP contribution in [0.1, 0.15) is 24.0 Å². The third kappa shape index (κ3) is 3.00. The quantitative estimate of drug-likeness (QED) is 0.681. The zero-order valence-corrected chi connectivity index (χ0v) is 9.55. The second kappa shape index (κ2) is 6.05. The predicted molar refractivity (Wildman–Crippen MR) is 61.1 cm³/mol. The van der Waals surface area contributed by atoms with Gasteiger partial charge in [0, 0.05) is 18.4 Å². The van der Waals surface area contributed by atoms with E-state index in [0.29, 0.717) is 18.4 Å². The number of rotatable bonds is 5. The minimum atomic E-state index is 0.317. The molecule has 1 atom stereocenters. The normalized spacial score (nSPS) is 12.8. The number of benzene rings is 1. The molecule has 0 bridgehead atoms. The van der Waals surface area contributed by atoms with Gasteiger partial charge in [0.25, 0.3) is 0 Å². The summed E-state index contributed by atoms with van der Waals surface area (Å²) in [6.45, 7) is 5.58. The van der Waals surface area contributed by atoms with E-state index in [4.69, 9.17) is 16.3 Å². The fourth-order valence-corrected chi connectivity index (χ4v) is 1.78. The van der Waals surface area contributed by atoms with Crippen LogP contribution >= 0.6 is 11.6 Å². The summed E-state index contributed by atoms with van der Waals surface area (Å²) in [7, 11) is 0. The van der Waals surface area contributed by atoms with E-state index in [-0.39, 0.29) is 0 Å². The molecular formula is C12H17ClO. The molecule has 0 saturated carbocycles. The molecule has 1 aromatic carbocycles. The standard InChI is InChI=1S/C12H17ClO/c1-3-14-9-11(8-13)12-7-5-4-6-10(12)2/h4-7,11H,3,8-9H2,1-2H3. The van der Waals surface area contributed by atoms with Gasteiger partial charge in [0.1, 0.15) is 0 Å². The fraction of sp³-hybridized carbons (Fsp3) is 0.500. The van der Waals surface area contributed by atoms with Crippen molar-refractivity contribution in [1.82, 2.24) is 0 Å². The first-order chi connectivity index (χ1) is 6.79. The van der Waals surface area contributed by atoms with Crippen molar-refractivity contribution in [2.75, 3.05) is 19.1 Å². The van der Waals surface area contributed by atoms with E-state index in [9.17, 15) is 0 Å². The Kier molecular flexibility index (Phi) is 4.99. The van der Waals surface area contributed by atoms with Gasteiger partial charge < -0.3 is 4.74 Å². The molecule has 0 aliphatic carbocycles. The van der Waals surface area contributed by atoms with Crippen LogP contribution in [0.2, 0.25) is 0 Å². The lowest BCUT2D eigenvalue weighted by atomic mass is 9.97. The maximum Gasteiger partial charge on any atom is 0.0546 e. The van der Waals surface area contributed by atoms with Crippen LogP contribution < -0.4 is 0 Å². The third-order valence-corrected chi connectivity index (χ3v) is 2.71. The number of halogens is 1. The molecule has 0 aliphatic rings. The van der Waals surface area contributed by atoms with Gasteiger partial charge >= 0.3 is 0 Å². The first-order valence-corrected chi connectivity index (χ1v) is 5.52. The van der Waals surface area contributed by atoms with Crippen LogP contribution in [0.15, 0.2) is 24.3 Å². The monoisotopic (exact) mass is 212 g/mol. The van der Waals surface area contributed by atoms with Crippen molar-refractivity contribution < 1.29 is 4.74 Å². The van der Waals surface area contributed by atoms with Crippen molar-refractivity contribution in [3.63, 3.8) is 0 Å². The van der Waals surface area contributed by atoms with Gasteiger partial charge in [0.05, 0.1) is 6.61 Å². The van der Waals surface area contributed by atoms with E-state index in [2.05, 4.69) is 19.1 Å². The second-order valence-electron chi connectivity index (χ2n) is 3.37. The lowest BCUT2D eigenvalue weighted by Crippen LogP contribution is -2.10. The van der Waals surface area contributed by atoms with Gasteiger partial charge in [0.2, 0.25) is 0 Å². The van der Waals surface area contributed by atoms with Crippen LogP contribution in [0.25, 0.3) is 0 Å². The lowest BCUT2D eigenvalue weighted by Gasteiger charge is -2.16. The van der Waals surface area contributed by atoms with Gasteiger partial charge in [-0.2, -0.15) is 0 Å². The van der Waals surface area contributed by atoms with Crippen molar-refractivity contribution in [1.29, 1.82) is 0 Å². The molecule has 0 fully saturated rings. The highest BCUT2D eigenvalue weighted by Crippen LogP contribution is 2.21. The number of hydrogen-bond donors (Lipinski definition) is 0. The molecule has 0 aliphatic heterocycles. The molecule has 2 heteroatoms. The summed E-state index contributed by atoms with van der Waals surface area (Å²) in [6, 6.07) is 8.33. The highest BCUT2D eigenvalue weighted by Gasteiger charge is 2.11. The molecule has 14 heavy (non-hydrogen) atoms. The summed E-state index contributed by atoms with van der Waals surface area (Å²) in [5, 5.41) is 0. The largest absolute Gasteiger partial charge is 0.381 e. The average molecular weight is 213 g/mol. The summed E-state index contributed by atoms with van der Waals surface area (Å²) in [4.78, 5) is 0. The zero-order chi connectivity index (χ0) is 10.4. The van der Waals surface area contributed by atoms with E-state index < -0.39 is 0 Å². The summed E-state index contributed by atoms with van der Waals surface area (Å²) < 4.78 is 5.41. The number of aryl methyl sites for hydroxylation is 1. The Morgan fingerprint density at radius 1 is 1.36 bits per heavy atom. The highest BCUT2D eigenvalue weighted by molar-refractivity contribution is 6.18. The van der Waals surface area contributed by atoms with Gasteiger partial charge in [-0.25, -0.2) is 0 Å². The Balaban J connectivity index is 2.73. The van der Waals surface area contributed by atoms with E-state index in [1.807, 2.05) is 19.1 Å². The summed E-state index contributed by atoms with van der Waals surface area (Å²) >= 11 is 5.93. The van der Waals surface area contributed by atoms with Gasteiger partial charge in [-0.3, -0.25) is 0 Å². The SMILES string of the molecule is CCOCC(CCl)c1ccccc1C. The summed E-state index contributed by atoms with van der Waals surface area (Å²) in [6.07, 6.45) is 0. The maximum atomic E-state index is 5.93. The molecule has 0 amide bonds. The minimum Gasteiger partial charge on any atom is -0.381 e. The van der Waals surface area contributed by atoms with Crippen LogP contribution in [0.3, 0.4) is 0 Å². The van der Waals surface area contributed by atoms with E-state index >= 15 is 0 Å². The van der Waals surface area contributed by atoms with Crippen LogP contribution in [0.4, 0.5) is 0 Å². The Labute approximate surface area is 91.0 Å². The molecule has 0 saturated heterocycles. The van der Waals surface area contributed by atoms with Crippen molar-refractivity contribution in [3.8, 4) is 0 Å². The Morgan fingerprint density at radius 3 is 2.64 bits per heavy atom. The predicted octanol–water partition coefficient (Wildman–Crippen LogP) is 3.35. The molecule has 1 rings (SSSR count). The second-order valence-corrected chi connectivity index (χ2v) is 3.68. The third-order valence-electron chi connectivity index (χ3n) is 2.34. The van der Waals surface area contributed by atoms with Crippen molar-refractivity contribution in [3.05, 3.63) is 35.4 Å². The lowest BCUT2D eigenvalue weighted by molar-refractivity contribution is 0.136. The van der Waals surface area contributed by atoms with E-state index in [1.54, 1.807) is 0 Å². The van der Waals surface area contributed by atoms with Crippen molar-refractivity contribution >= 4 is 11.6 Å². The maximum absolute atomic E-state index is 5.93. The Bertz CT molecular complexity index is 273. The molecular weight excluding hydrogens is 196 g/mol. The van der Waals surface area contributed by atoms with Gasteiger partial charge in [-0.1, -0.05) is 24.3 Å². The van der Waals surface area contributed by atoms with Crippen molar-refractivity contribution in [2.45, 2.75) is 19.8 Å². The molecule has 0 N–H and O–H groups in total. The Morgan fingerprint density at radius 2 is 2.07 bits per heavy atom. The molecule has 1 unspecified atom stereocenters. The van der Waals surface area contributed by atoms with Crippen LogP contribution in [-0.2, 0) is 4.74 Å². The van der Waals surface area contributed by atoms with Gasteiger partial charge in [-0.05, 0) is 25.0 Å². The van der Waals surface area contributed by atoms with Crippen LogP contribution in [0, 0.1) is 6.92 Å². The first-order valence-electron chi connectivity index (χ1n) is 4.98. The van der Waals surface area contributed by atoms with Crippen molar-refractivity contribution in [2.24, 2.45) is 0 Å². The molecule has 1 aromatic rings. The zero-order valence-electron chi connectivity index (χ0n) is 8.79. The average Bonchev–Trinajstić information content (AvgIpc) is 2.21. The van der Waals surface area contributed by atoms with Gasteiger partial charge in [0.15, 0.2) is 0 Å². The van der Waals surface area contributed by atoms with E-state index in [1.165, 1.54) is 11.1 Å². The molecule has 0 radical (unpaired) electrons. The highest BCUT2D eigenvalue weighted by atomic mass is 35.5. The minimum absolute atomic E-state index is 0.317. The molecule has 0 spiro atoms. The first kappa shape index (κ1) is 11.5. The molecule has 0 heterocycles. The van der Waals surface area contributed by atoms with E-state index in [0.717, 1.165) is 6.61 Å². The number of alkyl halides is 1. The topological polar surface area (TPSA) is 9.23 Å². The van der Waals surface area contributed by atoms with Crippen LogP contribution in [-0.4, -0.2) is 19.1 Å². The smallest absolute Gasteiger partial charge is 0.0546 e. The van der Waals surface area contributed by atoms with Gasteiger partial charge in [-0.15, -0.1) is 11.6 Å². The summed E-state index contributed by atoms with van der Waals surface area (Å²) in [5.74, 6) is 0.933. The van der Waals surface area contributed by atoms with Crippen LogP contribution in [0.5, 0.6) is 0 Å². The molecule has 0 aromatic heterocycles. The molecule has 78 valence electrons.